The lowest BCUT2D eigenvalue weighted by molar-refractivity contribution is -0.137. The summed E-state index contributed by atoms with van der Waals surface area (Å²) in [6.07, 6.45) is 5.50. The number of hydrogen-bond donors (Lipinski definition) is 1. The molecule has 2 N–H and O–H groups in total. The van der Waals surface area contributed by atoms with E-state index < -0.39 is 0 Å². The lowest BCUT2D eigenvalue weighted by atomic mass is 9.97. The first kappa shape index (κ1) is 14.5. The molecule has 100 valence electrons. The van der Waals surface area contributed by atoms with Crippen LogP contribution in [0.5, 0.6) is 0 Å². The number of ether oxygens (including phenoxy) is 1. The molecule has 1 aliphatic rings. The normalized spacial score (nSPS) is 17.4. The Bertz CT molecular complexity index is 213. The summed E-state index contributed by atoms with van der Waals surface area (Å²) in [7, 11) is 0. The third kappa shape index (κ3) is 5.50. The number of nitrogens with zero attached hydrogens (tertiary/aromatic N) is 1. The van der Waals surface area contributed by atoms with E-state index in [0.717, 1.165) is 38.9 Å². The molecule has 1 saturated heterocycles. The molecule has 17 heavy (non-hydrogen) atoms. The van der Waals surface area contributed by atoms with E-state index in [1.807, 2.05) is 4.90 Å². The number of rotatable bonds is 7. The fourth-order valence-corrected chi connectivity index (χ4v) is 2.12. The van der Waals surface area contributed by atoms with Crippen LogP contribution in [-0.2, 0) is 9.53 Å². The molecule has 0 aromatic carbocycles. The van der Waals surface area contributed by atoms with Crippen molar-refractivity contribution in [3.8, 4) is 0 Å². The van der Waals surface area contributed by atoms with Gasteiger partial charge in [-0.2, -0.15) is 0 Å². The SMILES string of the molecule is CCCCCOCC(=O)N1CCC(CN)CC1. The largest absolute Gasteiger partial charge is 0.372 e. The average molecular weight is 242 g/mol. The minimum absolute atomic E-state index is 0.136. The second kappa shape index (κ2) is 8.48. The second-order valence-corrected chi connectivity index (χ2v) is 4.82. The van der Waals surface area contributed by atoms with Crippen molar-refractivity contribution in [2.24, 2.45) is 11.7 Å². The predicted octanol–water partition coefficient (Wildman–Crippen LogP) is 1.39. The number of hydrogen-bond acceptors (Lipinski definition) is 3. The summed E-state index contributed by atoms with van der Waals surface area (Å²) >= 11 is 0. The van der Waals surface area contributed by atoms with Crippen LogP contribution in [-0.4, -0.2) is 43.7 Å². The molecule has 1 rings (SSSR count). The zero-order valence-electron chi connectivity index (χ0n) is 11.0. The Balaban J connectivity index is 2.08. The van der Waals surface area contributed by atoms with Gasteiger partial charge in [0, 0.05) is 19.7 Å². The van der Waals surface area contributed by atoms with E-state index in [0.29, 0.717) is 12.5 Å². The number of carbonyl (C=O) groups is 1. The van der Waals surface area contributed by atoms with Gasteiger partial charge in [-0.1, -0.05) is 19.8 Å². The predicted molar refractivity (Wildman–Crippen MR) is 68.7 cm³/mol. The monoisotopic (exact) mass is 242 g/mol. The number of nitrogens with two attached hydrogens (primary N) is 1. The average Bonchev–Trinajstić information content (AvgIpc) is 2.38. The van der Waals surface area contributed by atoms with Gasteiger partial charge in [0.25, 0.3) is 0 Å². The zero-order valence-corrected chi connectivity index (χ0v) is 11.0. The van der Waals surface area contributed by atoms with Crippen molar-refractivity contribution in [3.63, 3.8) is 0 Å². The van der Waals surface area contributed by atoms with Crippen LogP contribution >= 0.6 is 0 Å². The van der Waals surface area contributed by atoms with Crippen LogP contribution in [0.2, 0.25) is 0 Å². The third-order valence-corrected chi connectivity index (χ3v) is 3.42. The van der Waals surface area contributed by atoms with Crippen molar-refractivity contribution in [2.75, 3.05) is 32.8 Å². The second-order valence-electron chi connectivity index (χ2n) is 4.82. The minimum atomic E-state index is 0.136. The van der Waals surface area contributed by atoms with Gasteiger partial charge in [-0.3, -0.25) is 4.79 Å². The molecular weight excluding hydrogens is 216 g/mol. The molecule has 1 aliphatic heterocycles. The van der Waals surface area contributed by atoms with Gasteiger partial charge >= 0.3 is 0 Å². The number of likely N-dealkylation sites (tertiary alicyclic amines) is 1. The van der Waals surface area contributed by atoms with Crippen molar-refractivity contribution in [1.82, 2.24) is 4.90 Å². The van der Waals surface area contributed by atoms with Gasteiger partial charge in [0.15, 0.2) is 0 Å². The van der Waals surface area contributed by atoms with E-state index in [2.05, 4.69) is 6.92 Å². The Morgan fingerprint density at radius 2 is 2.06 bits per heavy atom. The van der Waals surface area contributed by atoms with Crippen molar-refractivity contribution in [3.05, 3.63) is 0 Å². The molecule has 4 heteroatoms. The van der Waals surface area contributed by atoms with Gasteiger partial charge in [-0.25, -0.2) is 0 Å². The van der Waals surface area contributed by atoms with Crippen LogP contribution in [0, 0.1) is 5.92 Å². The van der Waals surface area contributed by atoms with Crippen LogP contribution in [0.3, 0.4) is 0 Å². The van der Waals surface area contributed by atoms with Crippen LogP contribution in [0.4, 0.5) is 0 Å². The maximum absolute atomic E-state index is 11.8. The van der Waals surface area contributed by atoms with Gasteiger partial charge in [0.1, 0.15) is 6.61 Å². The molecule has 0 aliphatic carbocycles. The highest BCUT2D eigenvalue weighted by atomic mass is 16.5. The molecule has 0 radical (unpaired) electrons. The maximum Gasteiger partial charge on any atom is 0.248 e. The number of unbranched alkanes of at least 4 members (excludes halogenated alkanes) is 2. The Hall–Kier alpha value is -0.610. The molecule has 4 nitrogen and oxygen atoms in total. The van der Waals surface area contributed by atoms with Gasteiger partial charge in [0.05, 0.1) is 0 Å². The Labute approximate surface area is 104 Å². The number of amides is 1. The third-order valence-electron chi connectivity index (χ3n) is 3.42. The summed E-state index contributed by atoms with van der Waals surface area (Å²) < 4.78 is 5.39. The molecule has 0 atom stereocenters. The fraction of sp³-hybridized carbons (Fsp3) is 0.923. The maximum atomic E-state index is 11.8. The highest BCUT2D eigenvalue weighted by Crippen LogP contribution is 2.15. The summed E-state index contributed by atoms with van der Waals surface area (Å²) in [6, 6.07) is 0. The number of piperidine rings is 1. The summed E-state index contributed by atoms with van der Waals surface area (Å²) in [5.74, 6) is 0.737. The van der Waals surface area contributed by atoms with Crippen molar-refractivity contribution < 1.29 is 9.53 Å². The summed E-state index contributed by atoms with van der Waals surface area (Å²) in [6.45, 7) is 5.55. The standard InChI is InChI=1S/C13H26N2O2/c1-2-3-4-9-17-11-13(16)15-7-5-12(10-14)6-8-15/h12H,2-11,14H2,1H3. The first-order chi connectivity index (χ1) is 8.27. The molecule has 0 aromatic rings. The van der Waals surface area contributed by atoms with Crippen LogP contribution in [0.1, 0.15) is 39.0 Å². The molecule has 1 fully saturated rings. The molecule has 0 unspecified atom stereocenters. The Morgan fingerprint density at radius 3 is 2.65 bits per heavy atom. The first-order valence-electron chi connectivity index (χ1n) is 6.83. The summed E-state index contributed by atoms with van der Waals surface area (Å²) in [4.78, 5) is 13.7. The van der Waals surface area contributed by atoms with Crippen molar-refractivity contribution in [2.45, 2.75) is 39.0 Å². The van der Waals surface area contributed by atoms with E-state index in [4.69, 9.17) is 10.5 Å². The molecule has 0 saturated carbocycles. The van der Waals surface area contributed by atoms with Crippen LogP contribution < -0.4 is 5.73 Å². The number of carbonyl (C=O) groups excluding carboxylic acids is 1. The topological polar surface area (TPSA) is 55.6 Å². The van der Waals surface area contributed by atoms with E-state index in [1.165, 1.54) is 12.8 Å². The molecule has 0 spiro atoms. The highest BCUT2D eigenvalue weighted by Gasteiger charge is 2.21. The molecule has 1 heterocycles. The lowest BCUT2D eigenvalue weighted by Gasteiger charge is -2.31. The zero-order chi connectivity index (χ0) is 12.5. The summed E-state index contributed by atoms with van der Waals surface area (Å²) in [5, 5.41) is 0. The first-order valence-corrected chi connectivity index (χ1v) is 6.83. The van der Waals surface area contributed by atoms with Crippen molar-refractivity contribution in [1.29, 1.82) is 0 Å². The van der Waals surface area contributed by atoms with E-state index in [-0.39, 0.29) is 12.5 Å². The fourth-order valence-electron chi connectivity index (χ4n) is 2.12. The van der Waals surface area contributed by atoms with Gasteiger partial charge < -0.3 is 15.4 Å². The van der Waals surface area contributed by atoms with Crippen molar-refractivity contribution >= 4 is 5.91 Å². The Morgan fingerprint density at radius 1 is 1.35 bits per heavy atom. The Kier molecular flexibility index (Phi) is 7.21. The minimum Gasteiger partial charge on any atom is -0.372 e. The smallest absolute Gasteiger partial charge is 0.248 e. The molecule has 0 bridgehead atoms. The molecule has 1 amide bonds. The van der Waals surface area contributed by atoms with E-state index >= 15 is 0 Å². The van der Waals surface area contributed by atoms with Crippen LogP contribution in [0.25, 0.3) is 0 Å². The molecular formula is C13H26N2O2. The van der Waals surface area contributed by atoms with E-state index in [9.17, 15) is 4.79 Å². The van der Waals surface area contributed by atoms with Crippen LogP contribution in [0.15, 0.2) is 0 Å². The molecule has 0 aromatic heterocycles. The summed E-state index contributed by atoms with van der Waals surface area (Å²) in [5.41, 5.74) is 5.62. The van der Waals surface area contributed by atoms with Gasteiger partial charge in [-0.05, 0) is 31.7 Å². The van der Waals surface area contributed by atoms with Gasteiger partial charge in [-0.15, -0.1) is 0 Å². The highest BCUT2D eigenvalue weighted by molar-refractivity contribution is 5.77. The van der Waals surface area contributed by atoms with Gasteiger partial charge in [0.2, 0.25) is 5.91 Å². The quantitative estimate of drug-likeness (QED) is 0.686. The van der Waals surface area contributed by atoms with E-state index in [1.54, 1.807) is 0 Å². The lowest BCUT2D eigenvalue weighted by Crippen LogP contribution is -2.41.